The van der Waals surface area contributed by atoms with Gasteiger partial charge in [-0.25, -0.2) is 0 Å². The maximum atomic E-state index is 12.4. The highest BCUT2D eigenvalue weighted by atomic mass is 16.2. The van der Waals surface area contributed by atoms with Crippen LogP contribution in [0.1, 0.15) is 34.8 Å². The number of hydrogen-bond acceptors (Lipinski definition) is 2. The van der Waals surface area contributed by atoms with E-state index in [2.05, 4.69) is 22.8 Å². The summed E-state index contributed by atoms with van der Waals surface area (Å²) in [5.41, 5.74) is 3.49. The van der Waals surface area contributed by atoms with Gasteiger partial charge >= 0.3 is 0 Å². The van der Waals surface area contributed by atoms with Gasteiger partial charge in [-0.05, 0) is 55.2 Å². The van der Waals surface area contributed by atoms with Crippen LogP contribution in [0.4, 0.5) is 5.69 Å². The molecule has 0 radical (unpaired) electrons. The van der Waals surface area contributed by atoms with Crippen LogP contribution in [-0.2, 0) is 17.6 Å². The highest BCUT2D eigenvalue weighted by molar-refractivity contribution is 5.96. The molecule has 2 N–H and O–H groups in total. The number of benzene rings is 3. The van der Waals surface area contributed by atoms with Gasteiger partial charge in [0, 0.05) is 17.3 Å². The zero-order chi connectivity index (χ0) is 20.5. The average molecular weight is 386 g/mol. The summed E-state index contributed by atoms with van der Waals surface area (Å²) in [6, 6.07) is 26.9. The van der Waals surface area contributed by atoms with E-state index in [1.807, 2.05) is 55.5 Å². The number of anilines is 1. The standard InChI is InChI=1S/C25H26N2O2/c1-19(12-13-20-8-4-2-5-9-20)26-25(29)22-14-16-23(17-15-22)27-24(28)18-21-10-6-3-7-11-21/h2-11,14-17,19H,12-13,18H2,1H3,(H,26,29)(H,27,28). The number of aryl methyl sites for hydroxylation is 1. The van der Waals surface area contributed by atoms with E-state index < -0.39 is 0 Å². The van der Waals surface area contributed by atoms with Crippen molar-refractivity contribution in [2.24, 2.45) is 0 Å². The van der Waals surface area contributed by atoms with Gasteiger partial charge in [0.25, 0.3) is 5.91 Å². The predicted molar refractivity (Wildman–Crippen MR) is 117 cm³/mol. The van der Waals surface area contributed by atoms with Crippen LogP contribution in [0.15, 0.2) is 84.9 Å². The Morgan fingerprint density at radius 3 is 2.00 bits per heavy atom. The van der Waals surface area contributed by atoms with Crippen LogP contribution in [-0.4, -0.2) is 17.9 Å². The first-order valence-electron chi connectivity index (χ1n) is 9.89. The third-order valence-corrected chi connectivity index (χ3v) is 4.72. The van der Waals surface area contributed by atoms with E-state index >= 15 is 0 Å². The Kier molecular flexibility index (Phi) is 7.17. The molecule has 4 nitrogen and oxygen atoms in total. The van der Waals surface area contributed by atoms with Crippen molar-refractivity contribution in [1.82, 2.24) is 5.32 Å². The largest absolute Gasteiger partial charge is 0.350 e. The Balaban J connectivity index is 1.47. The summed E-state index contributed by atoms with van der Waals surface area (Å²) >= 11 is 0. The van der Waals surface area contributed by atoms with Crippen molar-refractivity contribution in [1.29, 1.82) is 0 Å². The van der Waals surface area contributed by atoms with Crippen LogP contribution in [0.3, 0.4) is 0 Å². The van der Waals surface area contributed by atoms with Crippen LogP contribution in [0, 0.1) is 0 Å². The Morgan fingerprint density at radius 2 is 1.38 bits per heavy atom. The maximum Gasteiger partial charge on any atom is 0.251 e. The monoisotopic (exact) mass is 386 g/mol. The van der Waals surface area contributed by atoms with Crippen LogP contribution in [0.25, 0.3) is 0 Å². The van der Waals surface area contributed by atoms with Gasteiger partial charge in [-0.15, -0.1) is 0 Å². The number of amides is 2. The minimum absolute atomic E-state index is 0.0768. The van der Waals surface area contributed by atoms with Crippen molar-refractivity contribution >= 4 is 17.5 Å². The molecule has 3 aromatic rings. The lowest BCUT2D eigenvalue weighted by Crippen LogP contribution is -2.32. The van der Waals surface area contributed by atoms with E-state index in [9.17, 15) is 9.59 Å². The Morgan fingerprint density at radius 1 is 0.793 bits per heavy atom. The van der Waals surface area contributed by atoms with Crippen molar-refractivity contribution < 1.29 is 9.59 Å². The summed E-state index contributed by atoms with van der Waals surface area (Å²) in [7, 11) is 0. The van der Waals surface area contributed by atoms with E-state index in [0.717, 1.165) is 18.4 Å². The van der Waals surface area contributed by atoms with Gasteiger partial charge in [0.2, 0.25) is 5.91 Å². The number of hydrogen-bond donors (Lipinski definition) is 2. The zero-order valence-corrected chi connectivity index (χ0v) is 16.6. The second kappa shape index (κ2) is 10.2. The Hall–Kier alpha value is -3.40. The molecular formula is C25H26N2O2. The number of carbonyl (C=O) groups is 2. The van der Waals surface area contributed by atoms with Gasteiger partial charge in [-0.1, -0.05) is 60.7 Å². The molecule has 0 heterocycles. The molecule has 0 spiro atoms. The lowest BCUT2D eigenvalue weighted by molar-refractivity contribution is -0.115. The van der Waals surface area contributed by atoms with Gasteiger partial charge in [0.1, 0.15) is 0 Å². The minimum Gasteiger partial charge on any atom is -0.350 e. The summed E-state index contributed by atoms with van der Waals surface area (Å²) in [6.07, 6.45) is 2.13. The molecule has 0 aliphatic rings. The number of rotatable bonds is 8. The first kappa shape index (κ1) is 20.3. The first-order valence-corrected chi connectivity index (χ1v) is 9.89. The fourth-order valence-corrected chi connectivity index (χ4v) is 3.10. The van der Waals surface area contributed by atoms with Crippen molar-refractivity contribution in [2.75, 3.05) is 5.32 Å². The molecule has 0 aliphatic heterocycles. The highest BCUT2D eigenvalue weighted by Crippen LogP contribution is 2.12. The second-order valence-electron chi connectivity index (χ2n) is 7.19. The van der Waals surface area contributed by atoms with Gasteiger partial charge in [-0.2, -0.15) is 0 Å². The minimum atomic E-state index is -0.104. The first-order chi connectivity index (χ1) is 14.1. The maximum absolute atomic E-state index is 12.4. The molecule has 1 atom stereocenters. The van der Waals surface area contributed by atoms with Gasteiger partial charge in [0.15, 0.2) is 0 Å². The predicted octanol–water partition coefficient (Wildman–Crippen LogP) is 4.62. The average Bonchev–Trinajstić information content (AvgIpc) is 2.74. The zero-order valence-electron chi connectivity index (χ0n) is 16.6. The molecule has 3 rings (SSSR count). The van der Waals surface area contributed by atoms with Gasteiger partial charge < -0.3 is 10.6 Å². The van der Waals surface area contributed by atoms with Crippen molar-refractivity contribution in [3.05, 3.63) is 102 Å². The highest BCUT2D eigenvalue weighted by Gasteiger charge is 2.11. The fourth-order valence-electron chi connectivity index (χ4n) is 3.10. The van der Waals surface area contributed by atoms with E-state index in [0.29, 0.717) is 17.7 Å². The summed E-state index contributed by atoms with van der Waals surface area (Å²) in [4.78, 5) is 24.6. The van der Waals surface area contributed by atoms with Crippen molar-refractivity contribution in [2.45, 2.75) is 32.2 Å². The molecule has 0 aromatic heterocycles. The van der Waals surface area contributed by atoms with E-state index in [-0.39, 0.29) is 17.9 Å². The molecule has 0 fully saturated rings. The normalized spacial score (nSPS) is 11.5. The molecule has 2 amide bonds. The van der Waals surface area contributed by atoms with Gasteiger partial charge in [0.05, 0.1) is 6.42 Å². The van der Waals surface area contributed by atoms with Crippen LogP contribution in [0.2, 0.25) is 0 Å². The van der Waals surface area contributed by atoms with Crippen molar-refractivity contribution in [3.63, 3.8) is 0 Å². The molecule has 1 unspecified atom stereocenters. The number of carbonyl (C=O) groups excluding carboxylic acids is 2. The quantitative estimate of drug-likeness (QED) is 0.593. The molecule has 0 saturated carbocycles. The van der Waals surface area contributed by atoms with E-state index in [1.54, 1.807) is 24.3 Å². The Labute approximate surface area is 172 Å². The molecule has 0 aliphatic carbocycles. The Bertz CT molecular complexity index is 922. The summed E-state index contributed by atoms with van der Waals surface area (Å²) < 4.78 is 0. The molecule has 3 aromatic carbocycles. The van der Waals surface area contributed by atoms with Crippen LogP contribution < -0.4 is 10.6 Å². The SMILES string of the molecule is CC(CCc1ccccc1)NC(=O)c1ccc(NC(=O)Cc2ccccc2)cc1. The third kappa shape index (κ3) is 6.61. The lowest BCUT2D eigenvalue weighted by Gasteiger charge is -2.14. The third-order valence-electron chi connectivity index (χ3n) is 4.72. The van der Waals surface area contributed by atoms with Crippen LogP contribution in [0.5, 0.6) is 0 Å². The summed E-state index contributed by atoms with van der Waals surface area (Å²) in [5.74, 6) is -0.185. The molecule has 29 heavy (non-hydrogen) atoms. The number of nitrogens with one attached hydrogen (secondary N) is 2. The van der Waals surface area contributed by atoms with Crippen LogP contribution >= 0.6 is 0 Å². The molecule has 0 bridgehead atoms. The van der Waals surface area contributed by atoms with Crippen molar-refractivity contribution in [3.8, 4) is 0 Å². The summed E-state index contributed by atoms with van der Waals surface area (Å²) in [5, 5.41) is 5.90. The lowest BCUT2D eigenvalue weighted by atomic mass is 10.1. The van der Waals surface area contributed by atoms with E-state index in [1.165, 1.54) is 5.56 Å². The molecule has 4 heteroatoms. The van der Waals surface area contributed by atoms with E-state index in [4.69, 9.17) is 0 Å². The second-order valence-corrected chi connectivity index (χ2v) is 7.19. The molecule has 148 valence electrons. The summed E-state index contributed by atoms with van der Waals surface area (Å²) in [6.45, 7) is 2.01. The smallest absolute Gasteiger partial charge is 0.251 e. The molecule has 0 saturated heterocycles. The fraction of sp³-hybridized carbons (Fsp3) is 0.200. The molecular weight excluding hydrogens is 360 g/mol. The topological polar surface area (TPSA) is 58.2 Å². The van der Waals surface area contributed by atoms with Gasteiger partial charge in [-0.3, -0.25) is 9.59 Å².